The maximum absolute atomic E-state index is 11.3. The number of aldehydes is 1. The molecule has 5 nitrogen and oxygen atoms in total. The van der Waals surface area contributed by atoms with Crippen LogP contribution in [-0.4, -0.2) is 25.0 Å². The first-order valence-corrected chi connectivity index (χ1v) is 5.71. The normalized spacial score (nSPS) is 10.1. The van der Waals surface area contributed by atoms with Crippen LogP contribution in [0.25, 0.3) is 6.08 Å². The van der Waals surface area contributed by atoms with E-state index in [4.69, 9.17) is 0 Å². The van der Waals surface area contributed by atoms with E-state index >= 15 is 0 Å². The number of esters is 2. The van der Waals surface area contributed by atoms with Crippen molar-refractivity contribution in [2.45, 2.75) is 12.8 Å². The van der Waals surface area contributed by atoms with Crippen LogP contribution in [0, 0.1) is 0 Å². The summed E-state index contributed by atoms with van der Waals surface area (Å²) < 4.78 is 9.25. The summed E-state index contributed by atoms with van der Waals surface area (Å²) >= 11 is 0. The lowest BCUT2D eigenvalue weighted by molar-refractivity contribution is -0.164. The summed E-state index contributed by atoms with van der Waals surface area (Å²) in [5, 5.41) is 0. The van der Waals surface area contributed by atoms with Crippen LogP contribution >= 0.6 is 0 Å². The molecule has 0 aromatic heterocycles. The van der Waals surface area contributed by atoms with Crippen LogP contribution in [0.3, 0.4) is 0 Å². The van der Waals surface area contributed by atoms with Crippen LogP contribution in [0.2, 0.25) is 0 Å². The molecule has 0 heterocycles. The number of rotatable bonds is 7. The Bertz CT molecular complexity index is 450. The van der Waals surface area contributed by atoms with E-state index in [-0.39, 0.29) is 12.8 Å². The van der Waals surface area contributed by atoms with E-state index in [0.717, 1.165) is 5.56 Å². The maximum Gasteiger partial charge on any atom is 0.333 e. The molecule has 0 radical (unpaired) electrons. The van der Waals surface area contributed by atoms with Gasteiger partial charge in [0.15, 0.2) is 0 Å². The number of carbonyl (C=O) groups is 3. The number of carbonyl (C=O) groups excluding carboxylic acids is 3. The zero-order chi connectivity index (χ0) is 13.9. The van der Waals surface area contributed by atoms with Crippen molar-refractivity contribution < 1.29 is 23.9 Å². The molecule has 0 aliphatic rings. The fraction of sp³-hybridized carbons (Fsp3) is 0.214. The molecule has 19 heavy (non-hydrogen) atoms. The van der Waals surface area contributed by atoms with Crippen LogP contribution in [-0.2, 0) is 23.9 Å². The first-order valence-electron chi connectivity index (χ1n) is 5.71. The van der Waals surface area contributed by atoms with Gasteiger partial charge in [0, 0.05) is 12.5 Å². The number of benzene rings is 1. The fourth-order valence-corrected chi connectivity index (χ4v) is 1.18. The van der Waals surface area contributed by atoms with Crippen LogP contribution in [0.15, 0.2) is 36.4 Å². The van der Waals surface area contributed by atoms with Crippen molar-refractivity contribution in [2.75, 3.05) is 6.79 Å². The van der Waals surface area contributed by atoms with Crippen LogP contribution in [0.4, 0.5) is 0 Å². The molecule has 0 saturated carbocycles. The van der Waals surface area contributed by atoms with Crippen molar-refractivity contribution in [3.63, 3.8) is 0 Å². The maximum atomic E-state index is 11.3. The smallest absolute Gasteiger partial charge is 0.333 e. The molecular weight excluding hydrogens is 248 g/mol. The molecule has 1 aromatic carbocycles. The third-order valence-corrected chi connectivity index (χ3v) is 2.10. The molecule has 0 bridgehead atoms. The van der Waals surface area contributed by atoms with Crippen molar-refractivity contribution >= 4 is 24.3 Å². The second kappa shape index (κ2) is 8.63. The number of ether oxygens (including phenoxy) is 2. The second-order valence-electron chi connectivity index (χ2n) is 3.55. The zero-order valence-corrected chi connectivity index (χ0v) is 10.3. The minimum atomic E-state index is -0.605. The molecule has 0 saturated heterocycles. The quantitative estimate of drug-likeness (QED) is 0.324. The van der Waals surface area contributed by atoms with Gasteiger partial charge in [0.25, 0.3) is 0 Å². The summed E-state index contributed by atoms with van der Waals surface area (Å²) in [6.07, 6.45) is 3.54. The summed E-state index contributed by atoms with van der Waals surface area (Å²) in [5.41, 5.74) is 0.863. The van der Waals surface area contributed by atoms with Crippen LogP contribution < -0.4 is 0 Å². The molecule has 0 unspecified atom stereocenters. The minimum Gasteiger partial charge on any atom is -0.428 e. The summed E-state index contributed by atoms with van der Waals surface area (Å²) in [4.78, 5) is 32.2. The average molecular weight is 262 g/mol. The predicted octanol–water partition coefficient (Wildman–Crippen LogP) is 1.72. The van der Waals surface area contributed by atoms with Gasteiger partial charge in [-0.15, -0.1) is 0 Å². The lowest BCUT2D eigenvalue weighted by atomic mass is 10.2. The van der Waals surface area contributed by atoms with Crippen molar-refractivity contribution in [2.24, 2.45) is 0 Å². The predicted molar refractivity (Wildman–Crippen MR) is 67.8 cm³/mol. The van der Waals surface area contributed by atoms with Gasteiger partial charge in [-0.25, -0.2) is 4.79 Å². The van der Waals surface area contributed by atoms with Gasteiger partial charge < -0.3 is 14.3 Å². The molecule has 0 atom stereocenters. The van der Waals surface area contributed by atoms with E-state index in [2.05, 4.69) is 9.47 Å². The molecule has 0 spiro atoms. The van der Waals surface area contributed by atoms with E-state index < -0.39 is 18.7 Å². The Morgan fingerprint density at radius 1 is 1.11 bits per heavy atom. The largest absolute Gasteiger partial charge is 0.428 e. The molecule has 0 aliphatic heterocycles. The average Bonchev–Trinajstić information content (AvgIpc) is 2.44. The molecule has 0 fully saturated rings. The second-order valence-corrected chi connectivity index (χ2v) is 3.55. The minimum absolute atomic E-state index is 0.0130. The van der Waals surface area contributed by atoms with E-state index in [1.807, 2.05) is 30.3 Å². The van der Waals surface area contributed by atoms with Gasteiger partial charge in [-0.2, -0.15) is 0 Å². The Hall–Kier alpha value is -2.43. The summed E-state index contributed by atoms with van der Waals surface area (Å²) in [5.74, 6) is -1.18. The molecule has 0 N–H and O–H groups in total. The molecule has 0 amide bonds. The molecule has 5 heteroatoms. The Morgan fingerprint density at radius 3 is 2.53 bits per heavy atom. The van der Waals surface area contributed by atoms with E-state index in [1.165, 1.54) is 6.08 Å². The SMILES string of the molecule is O=CCCC(=O)OCOC(=O)C=Cc1ccccc1. The highest BCUT2D eigenvalue weighted by Crippen LogP contribution is 2.01. The Morgan fingerprint density at radius 2 is 1.84 bits per heavy atom. The Labute approximate surface area is 110 Å². The summed E-state index contributed by atoms with van der Waals surface area (Å²) in [6, 6.07) is 9.24. The Kier molecular flexibility index (Phi) is 6.65. The lowest BCUT2D eigenvalue weighted by Crippen LogP contribution is -2.11. The van der Waals surface area contributed by atoms with Gasteiger partial charge >= 0.3 is 11.9 Å². The standard InChI is InChI=1S/C14H14O5/c15-10-4-7-13(16)18-11-19-14(17)9-8-12-5-2-1-3-6-12/h1-3,5-6,8-10H,4,7,11H2. The zero-order valence-electron chi connectivity index (χ0n) is 10.3. The van der Waals surface area contributed by atoms with Crippen molar-refractivity contribution in [1.29, 1.82) is 0 Å². The van der Waals surface area contributed by atoms with Gasteiger partial charge in [-0.3, -0.25) is 4.79 Å². The van der Waals surface area contributed by atoms with Crippen molar-refractivity contribution in [1.82, 2.24) is 0 Å². The van der Waals surface area contributed by atoms with Gasteiger partial charge in [0.05, 0.1) is 6.42 Å². The number of hydrogen-bond acceptors (Lipinski definition) is 5. The molecular formula is C14H14O5. The van der Waals surface area contributed by atoms with Crippen LogP contribution in [0.1, 0.15) is 18.4 Å². The van der Waals surface area contributed by atoms with E-state index in [9.17, 15) is 14.4 Å². The molecule has 1 aromatic rings. The van der Waals surface area contributed by atoms with Gasteiger partial charge in [-0.1, -0.05) is 30.3 Å². The highest BCUT2D eigenvalue weighted by atomic mass is 16.7. The van der Waals surface area contributed by atoms with Crippen LogP contribution in [0.5, 0.6) is 0 Å². The van der Waals surface area contributed by atoms with Crippen molar-refractivity contribution in [3.8, 4) is 0 Å². The van der Waals surface area contributed by atoms with Gasteiger partial charge in [0.1, 0.15) is 6.29 Å². The molecule has 100 valence electrons. The number of hydrogen-bond donors (Lipinski definition) is 0. The first-order chi connectivity index (χ1) is 9.22. The molecule has 1 rings (SSSR count). The Balaban J connectivity index is 2.23. The van der Waals surface area contributed by atoms with Gasteiger partial charge in [0.2, 0.25) is 6.79 Å². The summed E-state index contributed by atoms with van der Waals surface area (Å²) in [7, 11) is 0. The third-order valence-electron chi connectivity index (χ3n) is 2.10. The highest BCUT2D eigenvalue weighted by molar-refractivity contribution is 5.87. The fourth-order valence-electron chi connectivity index (χ4n) is 1.18. The highest BCUT2D eigenvalue weighted by Gasteiger charge is 2.03. The topological polar surface area (TPSA) is 69.7 Å². The lowest BCUT2D eigenvalue weighted by Gasteiger charge is -2.03. The van der Waals surface area contributed by atoms with E-state index in [0.29, 0.717) is 6.29 Å². The van der Waals surface area contributed by atoms with E-state index in [1.54, 1.807) is 6.08 Å². The van der Waals surface area contributed by atoms with Gasteiger partial charge in [-0.05, 0) is 11.6 Å². The third kappa shape index (κ3) is 6.78. The van der Waals surface area contributed by atoms with Crippen molar-refractivity contribution in [3.05, 3.63) is 42.0 Å². The monoisotopic (exact) mass is 262 g/mol. The summed E-state index contributed by atoms with van der Waals surface area (Å²) in [6.45, 7) is -0.449. The first kappa shape index (κ1) is 14.6. The molecule has 0 aliphatic carbocycles.